The minimum absolute atomic E-state index is 0.127. The van der Waals surface area contributed by atoms with Gasteiger partial charge in [0.1, 0.15) is 5.75 Å². The highest BCUT2D eigenvalue weighted by Crippen LogP contribution is 2.52. The van der Waals surface area contributed by atoms with Gasteiger partial charge in [-0.1, -0.05) is 12.2 Å². The van der Waals surface area contributed by atoms with E-state index < -0.39 is 0 Å². The summed E-state index contributed by atoms with van der Waals surface area (Å²) in [5.41, 5.74) is 0.698. The summed E-state index contributed by atoms with van der Waals surface area (Å²) in [6.07, 6.45) is 6.49. The predicted molar refractivity (Wildman–Crippen MR) is 83.0 cm³/mol. The summed E-state index contributed by atoms with van der Waals surface area (Å²) in [5, 5.41) is 14.6. The Balaban J connectivity index is 1.59. The molecule has 1 saturated heterocycles. The third kappa shape index (κ3) is 1.86. The number of aromatic hydroxyl groups is 1. The summed E-state index contributed by atoms with van der Waals surface area (Å²) in [6, 6.07) is 4.87. The van der Waals surface area contributed by atoms with Crippen molar-refractivity contribution in [2.24, 2.45) is 28.8 Å². The maximum absolute atomic E-state index is 12.4. The van der Waals surface area contributed by atoms with E-state index >= 15 is 0 Å². The van der Waals surface area contributed by atoms with Crippen molar-refractivity contribution in [1.82, 2.24) is 5.01 Å². The largest absolute Gasteiger partial charge is 0.507 e. The molecule has 1 N–H and O–H groups in total. The molecule has 4 atom stereocenters. The molecule has 5 nitrogen and oxygen atoms in total. The maximum atomic E-state index is 12.4. The van der Waals surface area contributed by atoms with Crippen molar-refractivity contribution in [2.45, 2.75) is 6.42 Å². The van der Waals surface area contributed by atoms with Crippen LogP contribution < -0.4 is 0 Å². The second-order valence-corrected chi connectivity index (χ2v) is 6.80. The Bertz CT molecular complexity index is 713. The van der Waals surface area contributed by atoms with E-state index in [9.17, 15) is 14.7 Å². The van der Waals surface area contributed by atoms with Crippen LogP contribution in [0.1, 0.15) is 12.0 Å². The average molecular weight is 361 g/mol. The van der Waals surface area contributed by atoms with Crippen LogP contribution in [0.2, 0.25) is 0 Å². The number of phenols is 1. The standard InChI is InChI=1S/C16H13BrN2O3/c17-11-5-8(1-4-12(11)20)7-18-19-15(21)13-9-2-3-10(6-9)14(13)16(19)22/h1-5,7,9-10,13-14,20H,6H2. The lowest BCUT2D eigenvalue weighted by Crippen LogP contribution is -2.28. The van der Waals surface area contributed by atoms with Crippen LogP contribution in [0.5, 0.6) is 5.75 Å². The first kappa shape index (κ1) is 13.7. The van der Waals surface area contributed by atoms with Gasteiger partial charge in [0.2, 0.25) is 0 Å². The van der Waals surface area contributed by atoms with Crippen molar-refractivity contribution in [2.75, 3.05) is 0 Å². The van der Waals surface area contributed by atoms with E-state index in [0.29, 0.717) is 10.0 Å². The first-order valence-electron chi connectivity index (χ1n) is 7.15. The molecule has 0 spiro atoms. The molecule has 2 amide bonds. The summed E-state index contributed by atoms with van der Waals surface area (Å²) in [5.74, 6) is -0.342. The van der Waals surface area contributed by atoms with Gasteiger partial charge in [-0.2, -0.15) is 10.1 Å². The fourth-order valence-corrected chi connectivity index (χ4v) is 4.12. The Morgan fingerprint density at radius 1 is 1.18 bits per heavy atom. The molecular weight excluding hydrogens is 348 g/mol. The van der Waals surface area contributed by atoms with Gasteiger partial charge in [-0.25, -0.2) is 0 Å². The topological polar surface area (TPSA) is 70.0 Å². The van der Waals surface area contributed by atoms with E-state index in [4.69, 9.17) is 0 Å². The van der Waals surface area contributed by atoms with E-state index in [-0.39, 0.29) is 41.2 Å². The predicted octanol–water partition coefficient (Wildman–Crippen LogP) is 2.30. The summed E-state index contributed by atoms with van der Waals surface area (Å²) >= 11 is 3.22. The minimum Gasteiger partial charge on any atom is -0.507 e. The van der Waals surface area contributed by atoms with Crippen LogP contribution in [-0.4, -0.2) is 28.1 Å². The zero-order valence-corrected chi connectivity index (χ0v) is 13.1. The highest BCUT2D eigenvalue weighted by molar-refractivity contribution is 9.10. The summed E-state index contributed by atoms with van der Waals surface area (Å²) in [6.45, 7) is 0. The van der Waals surface area contributed by atoms with Gasteiger partial charge >= 0.3 is 0 Å². The monoisotopic (exact) mass is 360 g/mol. The second kappa shape index (κ2) is 4.78. The van der Waals surface area contributed by atoms with Gasteiger partial charge in [0.25, 0.3) is 11.8 Å². The smallest absolute Gasteiger partial charge is 0.254 e. The molecule has 4 rings (SSSR count). The van der Waals surface area contributed by atoms with Crippen LogP contribution in [0.4, 0.5) is 0 Å². The number of carbonyl (C=O) groups excluding carboxylic acids is 2. The van der Waals surface area contributed by atoms with E-state index in [0.717, 1.165) is 11.4 Å². The van der Waals surface area contributed by atoms with Crippen molar-refractivity contribution < 1.29 is 14.7 Å². The molecule has 0 aromatic heterocycles. The lowest BCUT2D eigenvalue weighted by molar-refractivity contribution is -0.140. The molecule has 1 aromatic carbocycles. The number of hydrogen-bond donors (Lipinski definition) is 1. The maximum Gasteiger partial charge on any atom is 0.254 e. The number of halogens is 1. The molecule has 3 aliphatic rings. The number of hydrogen-bond acceptors (Lipinski definition) is 4. The number of nitrogens with zero attached hydrogens (tertiary/aromatic N) is 2. The highest BCUT2D eigenvalue weighted by atomic mass is 79.9. The van der Waals surface area contributed by atoms with Crippen LogP contribution in [0.15, 0.2) is 39.9 Å². The van der Waals surface area contributed by atoms with E-state index in [2.05, 4.69) is 33.2 Å². The Kier molecular flexibility index (Phi) is 2.97. The van der Waals surface area contributed by atoms with Crippen molar-refractivity contribution in [3.63, 3.8) is 0 Å². The number of benzene rings is 1. The highest BCUT2D eigenvalue weighted by Gasteiger charge is 2.59. The Morgan fingerprint density at radius 3 is 2.41 bits per heavy atom. The molecule has 2 aliphatic carbocycles. The van der Waals surface area contributed by atoms with E-state index in [1.54, 1.807) is 12.1 Å². The summed E-state index contributed by atoms with van der Waals surface area (Å²) < 4.78 is 0.537. The molecule has 4 unspecified atom stereocenters. The van der Waals surface area contributed by atoms with E-state index in [1.165, 1.54) is 12.3 Å². The Morgan fingerprint density at radius 2 is 1.82 bits per heavy atom. The van der Waals surface area contributed by atoms with Crippen molar-refractivity contribution >= 4 is 34.0 Å². The first-order chi connectivity index (χ1) is 10.6. The molecule has 1 aromatic rings. The number of amides is 2. The molecule has 112 valence electrons. The first-order valence-corrected chi connectivity index (χ1v) is 7.94. The van der Waals surface area contributed by atoms with Crippen molar-refractivity contribution in [3.05, 3.63) is 40.4 Å². The number of allylic oxidation sites excluding steroid dienone is 2. The van der Waals surface area contributed by atoms with Gasteiger partial charge in [-0.05, 0) is 57.9 Å². The molecule has 1 saturated carbocycles. The van der Waals surface area contributed by atoms with Gasteiger partial charge in [-0.3, -0.25) is 9.59 Å². The quantitative estimate of drug-likeness (QED) is 0.499. The third-order valence-corrected chi connectivity index (χ3v) is 5.38. The lowest BCUT2D eigenvalue weighted by Gasteiger charge is -2.13. The molecule has 6 heteroatoms. The number of phenolic OH excluding ortho intramolecular Hbond substituents is 1. The van der Waals surface area contributed by atoms with Gasteiger partial charge in [0.15, 0.2) is 0 Å². The Labute approximate surface area is 135 Å². The molecule has 2 bridgehead atoms. The fourth-order valence-electron chi connectivity index (χ4n) is 3.73. The number of rotatable bonds is 2. The van der Waals surface area contributed by atoms with Gasteiger partial charge in [-0.15, -0.1) is 0 Å². The second-order valence-electron chi connectivity index (χ2n) is 5.94. The van der Waals surface area contributed by atoms with Crippen LogP contribution >= 0.6 is 15.9 Å². The van der Waals surface area contributed by atoms with Crippen LogP contribution in [0, 0.1) is 23.7 Å². The fraction of sp³-hybridized carbons (Fsp3) is 0.312. The number of fused-ring (bicyclic) bond motifs is 5. The van der Waals surface area contributed by atoms with Gasteiger partial charge in [0.05, 0.1) is 22.5 Å². The van der Waals surface area contributed by atoms with Crippen LogP contribution in [0.25, 0.3) is 0 Å². The van der Waals surface area contributed by atoms with Gasteiger partial charge in [0, 0.05) is 0 Å². The molecule has 0 radical (unpaired) electrons. The minimum atomic E-state index is -0.230. The van der Waals surface area contributed by atoms with Crippen molar-refractivity contribution in [3.8, 4) is 5.75 Å². The Hall–Kier alpha value is -1.95. The molecule has 1 heterocycles. The number of hydrazone groups is 1. The number of carbonyl (C=O) groups is 2. The number of imide groups is 1. The normalized spacial score (nSPS) is 32.5. The average Bonchev–Trinajstić information content (AvgIpc) is 3.16. The third-order valence-electron chi connectivity index (χ3n) is 4.74. The molecule has 2 fully saturated rings. The van der Waals surface area contributed by atoms with Crippen molar-refractivity contribution in [1.29, 1.82) is 0 Å². The summed E-state index contributed by atoms with van der Waals surface area (Å²) in [4.78, 5) is 24.9. The zero-order valence-electron chi connectivity index (χ0n) is 11.5. The zero-order chi connectivity index (χ0) is 15.4. The molecular formula is C16H13BrN2O3. The van der Waals surface area contributed by atoms with Crippen LogP contribution in [0.3, 0.4) is 0 Å². The van der Waals surface area contributed by atoms with Crippen LogP contribution in [-0.2, 0) is 9.59 Å². The van der Waals surface area contributed by atoms with E-state index in [1.807, 2.05) is 0 Å². The lowest BCUT2D eigenvalue weighted by atomic mass is 9.85. The SMILES string of the molecule is O=C1C2C3C=CC(C3)C2C(=O)N1N=Cc1ccc(O)c(Br)c1. The molecule has 1 aliphatic heterocycles. The molecule has 22 heavy (non-hydrogen) atoms. The summed E-state index contributed by atoms with van der Waals surface area (Å²) in [7, 11) is 0. The van der Waals surface area contributed by atoms with Gasteiger partial charge < -0.3 is 5.11 Å².